The molecule has 0 saturated carbocycles. The Morgan fingerprint density at radius 3 is 2.15 bits per heavy atom. The maximum Gasteiger partial charge on any atom is 0.406 e. The third kappa shape index (κ3) is 5.64. The van der Waals surface area contributed by atoms with Crippen molar-refractivity contribution in [2.45, 2.75) is 31.9 Å². The number of halogens is 3. The summed E-state index contributed by atoms with van der Waals surface area (Å²) < 4.78 is 40.6. The normalized spacial score (nSPS) is 13.8. The largest absolute Gasteiger partial charge is 0.406 e. The Hall–Kier alpha value is -4.39. The number of anilines is 1. The van der Waals surface area contributed by atoms with E-state index in [-0.39, 0.29) is 12.5 Å². The molecule has 1 aliphatic rings. The van der Waals surface area contributed by atoms with Crippen LogP contribution in [0.3, 0.4) is 0 Å². The molecule has 40 heavy (non-hydrogen) atoms. The van der Waals surface area contributed by atoms with Crippen LogP contribution in [0.15, 0.2) is 97.1 Å². The van der Waals surface area contributed by atoms with E-state index in [9.17, 15) is 22.8 Å². The number of nitrogens with one attached hydrogen (secondary N) is 1. The number of fused-ring (bicyclic) bond motifs is 3. The van der Waals surface area contributed by atoms with E-state index in [0.717, 1.165) is 27.2 Å². The monoisotopic (exact) mass is 542 g/mol. The highest BCUT2D eigenvalue weighted by molar-refractivity contribution is 6.04. The van der Waals surface area contributed by atoms with Crippen LogP contribution in [0.2, 0.25) is 0 Å². The molecule has 7 heteroatoms. The molecular formula is C33H29F3N2O2. The van der Waals surface area contributed by atoms with Gasteiger partial charge in [0.05, 0.1) is 5.92 Å². The van der Waals surface area contributed by atoms with Gasteiger partial charge in [-0.2, -0.15) is 13.2 Å². The summed E-state index contributed by atoms with van der Waals surface area (Å²) in [6.07, 6.45) is -3.33. The summed E-state index contributed by atoms with van der Waals surface area (Å²) in [7, 11) is 0. The van der Waals surface area contributed by atoms with Crippen LogP contribution in [0.1, 0.15) is 47.2 Å². The highest BCUT2D eigenvalue weighted by atomic mass is 19.4. The van der Waals surface area contributed by atoms with E-state index in [1.165, 1.54) is 0 Å². The van der Waals surface area contributed by atoms with Gasteiger partial charge < -0.3 is 10.2 Å². The van der Waals surface area contributed by atoms with Gasteiger partial charge in [0.15, 0.2) is 0 Å². The quantitative estimate of drug-likeness (QED) is 0.246. The van der Waals surface area contributed by atoms with E-state index in [0.29, 0.717) is 35.2 Å². The second-order valence-electron chi connectivity index (χ2n) is 9.91. The highest BCUT2D eigenvalue weighted by Gasteiger charge is 2.41. The lowest BCUT2D eigenvalue weighted by atomic mass is 9.88. The first kappa shape index (κ1) is 27.2. The molecule has 0 aliphatic heterocycles. The first-order valence-corrected chi connectivity index (χ1v) is 13.3. The Bertz CT molecular complexity index is 1520. The second-order valence-corrected chi connectivity index (χ2v) is 9.91. The molecule has 4 nitrogen and oxygen atoms in total. The molecule has 4 aromatic rings. The summed E-state index contributed by atoms with van der Waals surface area (Å²) >= 11 is 0. The van der Waals surface area contributed by atoms with Crippen LogP contribution in [-0.2, 0) is 4.79 Å². The summed E-state index contributed by atoms with van der Waals surface area (Å²) in [5.74, 6) is -1.62. The van der Waals surface area contributed by atoms with Crippen molar-refractivity contribution in [3.63, 3.8) is 0 Å². The smallest absolute Gasteiger partial charge is 0.333 e. The molecule has 0 spiro atoms. The van der Waals surface area contributed by atoms with Crippen molar-refractivity contribution in [2.24, 2.45) is 0 Å². The lowest BCUT2D eigenvalue weighted by Crippen LogP contribution is -2.42. The van der Waals surface area contributed by atoms with Gasteiger partial charge in [-0.3, -0.25) is 9.59 Å². The lowest BCUT2D eigenvalue weighted by molar-refractivity contribution is -0.161. The van der Waals surface area contributed by atoms with Crippen LogP contribution in [0, 0.1) is 0 Å². The van der Waals surface area contributed by atoms with E-state index in [2.05, 4.69) is 5.32 Å². The minimum absolute atomic E-state index is 0.0425. The average molecular weight is 543 g/mol. The molecule has 1 atom stereocenters. The zero-order valence-corrected chi connectivity index (χ0v) is 22.0. The molecule has 0 bridgehead atoms. The molecule has 1 unspecified atom stereocenters. The fourth-order valence-electron chi connectivity index (χ4n) is 5.31. The zero-order chi connectivity index (χ0) is 28.3. The molecule has 0 aromatic heterocycles. The summed E-state index contributed by atoms with van der Waals surface area (Å²) in [6.45, 7) is 0.652. The number of rotatable bonds is 8. The van der Waals surface area contributed by atoms with E-state index >= 15 is 0 Å². The predicted molar refractivity (Wildman–Crippen MR) is 151 cm³/mol. The van der Waals surface area contributed by atoms with Crippen molar-refractivity contribution in [3.05, 3.63) is 114 Å². The van der Waals surface area contributed by atoms with Gasteiger partial charge in [0.1, 0.15) is 6.54 Å². The van der Waals surface area contributed by atoms with Crippen LogP contribution >= 0.6 is 0 Å². The van der Waals surface area contributed by atoms with Crippen molar-refractivity contribution in [1.82, 2.24) is 4.90 Å². The minimum atomic E-state index is -4.50. The summed E-state index contributed by atoms with van der Waals surface area (Å²) in [4.78, 5) is 27.5. The molecule has 0 radical (unpaired) electrons. The summed E-state index contributed by atoms with van der Waals surface area (Å²) in [6, 6.07) is 29.3. The van der Waals surface area contributed by atoms with Gasteiger partial charge in [0.2, 0.25) is 5.91 Å². The summed E-state index contributed by atoms with van der Waals surface area (Å²) in [5, 5.41) is 2.88. The number of benzene rings is 4. The van der Waals surface area contributed by atoms with Gasteiger partial charge >= 0.3 is 6.18 Å². The van der Waals surface area contributed by atoms with Gasteiger partial charge in [-0.15, -0.1) is 0 Å². The van der Waals surface area contributed by atoms with Crippen molar-refractivity contribution >= 4 is 17.5 Å². The maximum atomic E-state index is 13.9. The third-order valence-corrected chi connectivity index (χ3v) is 7.16. The fraction of sp³-hybridized carbons (Fsp3) is 0.212. The zero-order valence-electron chi connectivity index (χ0n) is 22.0. The van der Waals surface area contributed by atoms with Crippen LogP contribution in [-0.4, -0.2) is 36.0 Å². The molecule has 0 fully saturated rings. The minimum Gasteiger partial charge on any atom is -0.333 e. The standard InChI is InChI=1S/C33H29F3N2O2/c1-2-3-20-38(21-33(34,35)36)32(40)30-28-13-8-7-12-26(28)27-15-9-14-25(29(27)30)22-16-18-24(19-17-22)37-31(39)23-10-5-4-6-11-23/h4-19,30H,2-3,20-21H2,1H3,(H,37,39). The molecule has 1 N–H and O–H groups in total. The van der Waals surface area contributed by atoms with Crippen LogP contribution in [0.25, 0.3) is 22.3 Å². The number of amides is 2. The number of hydrogen-bond acceptors (Lipinski definition) is 2. The topological polar surface area (TPSA) is 49.4 Å². The molecule has 2 amide bonds. The van der Waals surface area contributed by atoms with Gasteiger partial charge in [-0.05, 0) is 64.1 Å². The maximum absolute atomic E-state index is 13.9. The third-order valence-electron chi connectivity index (χ3n) is 7.16. The van der Waals surface area contributed by atoms with Crippen molar-refractivity contribution in [2.75, 3.05) is 18.4 Å². The Kier molecular flexibility index (Phi) is 7.74. The average Bonchev–Trinajstić information content (AvgIpc) is 3.30. The SMILES string of the molecule is CCCCN(CC(F)(F)F)C(=O)C1c2ccccc2-c2cccc(-c3ccc(NC(=O)c4ccccc4)cc3)c21. The molecular weight excluding hydrogens is 513 g/mol. The van der Waals surface area contributed by atoms with Gasteiger partial charge in [0, 0.05) is 17.8 Å². The number of nitrogens with zero attached hydrogens (tertiary/aromatic N) is 1. The van der Waals surface area contributed by atoms with Gasteiger partial charge in [-0.1, -0.05) is 86.1 Å². The molecule has 5 rings (SSSR count). The van der Waals surface area contributed by atoms with E-state index in [1.54, 1.807) is 36.4 Å². The molecule has 1 aliphatic carbocycles. The molecule has 0 saturated heterocycles. The van der Waals surface area contributed by atoms with Crippen molar-refractivity contribution < 1.29 is 22.8 Å². The number of unbranched alkanes of at least 4 members (excludes halogenated alkanes) is 1. The predicted octanol–water partition coefficient (Wildman–Crippen LogP) is 7.91. The second kappa shape index (κ2) is 11.4. The summed E-state index contributed by atoms with van der Waals surface area (Å²) in [5.41, 5.74) is 5.84. The number of hydrogen-bond donors (Lipinski definition) is 1. The van der Waals surface area contributed by atoms with Crippen molar-refractivity contribution in [3.8, 4) is 22.3 Å². The molecule has 204 valence electrons. The Morgan fingerprint density at radius 2 is 1.45 bits per heavy atom. The van der Waals surface area contributed by atoms with Crippen LogP contribution in [0.5, 0.6) is 0 Å². The number of carbonyl (C=O) groups is 2. The van der Waals surface area contributed by atoms with Crippen molar-refractivity contribution in [1.29, 1.82) is 0 Å². The van der Waals surface area contributed by atoms with Crippen LogP contribution in [0.4, 0.5) is 18.9 Å². The first-order valence-electron chi connectivity index (χ1n) is 13.3. The Labute approximate surface area is 231 Å². The Balaban J connectivity index is 1.51. The first-order chi connectivity index (χ1) is 19.3. The van der Waals surface area contributed by atoms with E-state index in [1.807, 2.05) is 67.6 Å². The van der Waals surface area contributed by atoms with E-state index in [4.69, 9.17) is 0 Å². The number of carbonyl (C=O) groups excluding carboxylic acids is 2. The Morgan fingerprint density at radius 1 is 0.800 bits per heavy atom. The van der Waals surface area contributed by atoms with Gasteiger partial charge in [0.25, 0.3) is 5.91 Å². The van der Waals surface area contributed by atoms with Crippen LogP contribution < -0.4 is 5.32 Å². The van der Waals surface area contributed by atoms with Gasteiger partial charge in [-0.25, -0.2) is 0 Å². The highest BCUT2D eigenvalue weighted by Crippen LogP contribution is 2.49. The molecule has 0 heterocycles. The number of alkyl halides is 3. The lowest BCUT2D eigenvalue weighted by Gasteiger charge is -2.28. The fourth-order valence-corrected chi connectivity index (χ4v) is 5.31. The van der Waals surface area contributed by atoms with E-state index < -0.39 is 24.5 Å². The molecule has 4 aromatic carbocycles.